The van der Waals surface area contributed by atoms with Gasteiger partial charge in [-0.1, -0.05) is 23.2 Å². The second kappa shape index (κ2) is 9.23. The Kier molecular flexibility index (Phi) is 6.27. The molecule has 35 heavy (non-hydrogen) atoms. The molecule has 11 heteroatoms. The lowest BCUT2D eigenvalue weighted by molar-refractivity contribution is 0.135. The summed E-state index contributed by atoms with van der Waals surface area (Å²) >= 11 is 12.6. The van der Waals surface area contributed by atoms with Crippen molar-refractivity contribution in [3.8, 4) is 17.1 Å². The molecular formula is C24H25Cl2N7O2. The fourth-order valence-electron chi connectivity index (χ4n) is 4.55. The maximum atomic E-state index is 9.63. The zero-order chi connectivity index (χ0) is 24.7. The number of H-pyrrole nitrogens is 1. The molecule has 5 rings (SSSR count). The first-order chi connectivity index (χ1) is 16.7. The molecule has 3 aromatic heterocycles. The number of aromatic nitrogens is 5. The lowest BCUT2D eigenvalue weighted by Gasteiger charge is -2.48. The predicted molar refractivity (Wildman–Crippen MR) is 136 cm³/mol. The van der Waals surface area contributed by atoms with E-state index >= 15 is 0 Å². The van der Waals surface area contributed by atoms with E-state index in [0.717, 1.165) is 16.7 Å². The number of nitrogens with one attached hydrogen (secondary N) is 1. The van der Waals surface area contributed by atoms with Crippen LogP contribution in [0.25, 0.3) is 22.3 Å². The van der Waals surface area contributed by atoms with Crippen LogP contribution < -0.4 is 15.4 Å². The highest BCUT2D eigenvalue weighted by molar-refractivity contribution is 6.35. The molecule has 0 bridgehead atoms. The summed E-state index contributed by atoms with van der Waals surface area (Å²) in [6.45, 7) is 4.88. The van der Waals surface area contributed by atoms with E-state index in [1.807, 2.05) is 42.2 Å². The van der Waals surface area contributed by atoms with Gasteiger partial charge < -0.3 is 20.5 Å². The Labute approximate surface area is 212 Å². The number of halogens is 2. The fraction of sp³-hybridized carbons (Fsp3) is 0.333. The number of anilines is 1. The molecule has 0 aliphatic carbocycles. The third-order valence-electron chi connectivity index (χ3n) is 6.07. The third kappa shape index (κ3) is 4.77. The number of hydrogen-bond donors (Lipinski definition) is 3. The van der Waals surface area contributed by atoms with Crippen LogP contribution in [0.2, 0.25) is 10.0 Å². The molecule has 4 aromatic rings. The summed E-state index contributed by atoms with van der Waals surface area (Å²) in [5, 5.41) is 27.6. The zero-order valence-electron chi connectivity index (χ0n) is 19.2. The number of aromatic amines is 1. The van der Waals surface area contributed by atoms with E-state index in [4.69, 9.17) is 33.7 Å². The Bertz CT molecular complexity index is 1330. The monoisotopic (exact) mass is 513 g/mol. The quantitative estimate of drug-likeness (QED) is 0.336. The number of nitrogens with two attached hydrogens (primary N) is 1. The van der Waals surface area contributed by atoms with Gasteiger partial charge in [-0.3, -0.25) is 10.1 Å². The first-order valence-corrected chi connectivity index (χ1v) is 12.0. The molecule has 2 atom stereocenters. The minimum absolute atomic E-state index is 0.384. The molecule has 0 amide bonds. The van der Waals surface area contributed by atoms with Crippen molar-refractivity contribution in [1.82, 2.24) is 25.4 Å². The Hall–Kier alpha value is -2.98. The van der Waals surface area contributed by atoms with Gasteiger partial charge in [-0.15, -0.1) is 10.2 Å². The molecule has 0 spiro atoms. The molecule has 4 N–H and O–H groups in total. The molecule has 0 saturated carbocycles. The Morgan fingerprint density at radius 3 is 2.54 bits per heavy atom. The average molecular weight is 514 g/mol. The van der Waals surface area contributed by atoms with Crippen LogP contribution in [0.4, 0.5) is 5.82 Å². The smallest absolute Gasteiger partial charge is 0.151 e. The Balaban J connectivity index is 1.35. The van der Waals surface area contributed by atoms with Crippen molar-refractivity contribution in [2.75, 3.05) is 18.0 Å². The number of aliphatic hydroxyl groups is 1. The lowest BCUT2D eigenvalue weighted by Crippen LogP contribution is -2.68. The van der Waals surface area contributed by atoms with E-state index < -0.39 is 11.6 Å². The summed E-state index contributed by atoms with van der Waals surface area (Å²) in [6.07, 6.45) is 2.83. The molecule has 182 valence electrons. The molecule has 0 radical (unpaired) electrons. The largest absolute Gasteiger partial charge is 0.486 e. The zero-order valence-corrected chi connectivity index (χ0v) is 20.8. The van der Waals surface area contributed by atoms with Gasteiger partial charge in [0.1, 0.15) is 23.2 Å². The lowest BCUT2D eigenvalue weighted by atomic mass is 9.85. The van der Waals surface area contributed by atoms with Crippen LogP contribution in [-0.2, 0) is 0 Å². The number of rotatable bonds is 7. The molecular weight excluding hydrogens is 489 g/mol. The van der Waals surface area contributed by atoms with Crippen LogP contribution in [-0.4, -0.2) is 55.2 Å². The van der Waals surface area contributed by atoms with Crippen molar-refractivity contribution in [2.45, 2.75) is 38.0 Å². The summed E-state index contributed by atoms with van der Waals surface area (Å²) in [5.41, 5.74) is 8.74. The highest BCUT2D eigenvalue weighted by Gasteiger charge is 2.41. The normalized spacial score (nSPS) is 16.7. The SMILES string of the molecule is C[C@@H](O)CC1(N)CN(c2ccc(-c3n[nH]c4ccc(O[C@H](C)c5c(Cl)cncc5Cl)cc34)nn2)C1. The van der Waals surface area contributed by atoms with Gasteiger partial charge in [-0.25, -0.2) is 0 Å². The van der Waals surface area contributed by atoms with E-state index in [1.165, 1.54) is 0 Å². The van der Waals surface area contributed by atoms with E-state index in [0.29, 0.717) is 52.3 Å². The summed E-state index contributed by atoms with van der Waals surface area (Å²) in [6, 6.07) is 9.44. The average Bonchev–Trinajstić information content (AvgIpc) is 3.20. The van der Waals surface area contributed by atoms with Crippen molar-refractivity contribution in [3.05, 3.63) is 58.3 Å². The maximum Gasteiger partial charge on any atom is 0.151 e. The van der Waals surface area contributed by atoms with Crippen LogP contribution in [0.5, 0.6) is 5.75 Å². The number of aliphatic hydroxyl groups excluding tert-OH is 1. The molecule has 1 aliphatic heterocycles. The molecule has 4 heterocycles. The number of fused-ring (bicyclic) bond motifs is 1. The molecule has 1 fully saturated rings. The first-order valence-electron chi connectivity index (χ1n) is 11.2. The third-order valence-corrected chi connectivity index (χ3v) is 6.68. The Morgan fingerprint density at radius 1 is 1.14 bits per heavy atom. The summed E-state index contributed by atoms with van der Waals surface area (Å²) in [7, 11) is 0. The minimum atomic E-state index is -0.431. The van der Waals surface area contributed by atoms with Gasteiger partial charge in [0.2, 0.25) is 0 Å². The van der Waals surface area contributed by atoms with Crippen molar-refractivity contribution in [3.63, 3.8) is 0 Å². The number of hydrogen-bond acceptors (Lipinski definition) is 8. The van der Waals surface area contributed by atoms with Crippen LogP contribution in [0.3, 0.4) is 0 Å². The second-order valence-electron chi connectivity index (χ2n) is 9.10. The summed E-state index contributed by atoms with van der Waals surface area (Å²) in [5.74, 6) is 1.38. The highest BCUT2D eigenvalue weighted by Crippen LogP contribution is 2.35. The van der Waals surface area contributed by atoms with Gasteiger partial charge in [0.25, 0.3) is 0 Å². The van der Waals surface area contributed by atoms with Crippen molar-refractivity contribution < 1.29 is 9.84 Å². The first kappa shape index (κ1) is 23.7. The molecule has 9 nitrogen and oxygen atoms in total. The molecule has 1 aromatic carbocycles. The van der Waals surface area contributed by atoms with Crippen molar-refractivity contribution in [2.24, 2.45) is 5.73 Å². The second-order valence-corrected chi connectivity index (χ2v) is 9.92. The van der Waals surface area contributed by atoms with Gasteiger partial charge in [0.05, 0.1) is 27.2 Å². The summed E-state index contributed by atoms with van der Waals surface area (Å²) < 4.78 is 6.14. The van der Waals surface area contributed by atoms with Gasteiger partial charge >= 0.3 is 0 Å². The van der Waals surface area contributed by atoms with E-state index in [-0.39, 0.29) is 6.10 Å². The number of nitrogens with zero attached hydrogens (tertiary/aromatic N) is 5. The number of ether oxygens (including phenoxy) is 1. The Morgan fingerprint density at radius 2 is 1.89 bits per heavy atom. The molecule has 1 aliphatic rings. The standard InChI is InChI=1S/C24H25Cl2N7O2/c1-13(34)8-24(27)11-33(12-24)21-6-5-20(30-31-21)23-16-7-15(3-4-19(16)29-32-23)35-14(2)22-17(25)9-28-10-18(22)26/h3-7,9-10,13-14,34H,8,11-12,27H2,1-2H3,(H,29,32)/t13-,14-/m1/s1. The fourth-order valence-corrected chi connectivity index (χ4v) is 5.22. The maximum absolute atomic E-state index is 9.63. The number of pyridine rings is 1. The van der Waals surface area contributed by atoms with E-state index in [1.54, 1.807) is 19.3 Å². The van der Waals surface area contributed by atoms with Crippen LogP contribution >= 0.6 is 23.2 Å². The molecule has 1 saturated heterocycles. The summed E-state index contributed by atoms with van der Waals surface area (Å²) in [4.78, 5) is 6.04. The van der Waals surface area contributed by atoms with Gasteiger partial charge in [-0.05, 0) is 50.6 Å². The van der Waals surface area contributed by atoms with E-state index in [2.05, 4.69) is 25.4 Å². The topological polar surface area (TPSA) is 126 Å². The van der Waals surface area contributed by atoms with Crippen molar-refractivity contribution in [1.29, 1.82) is 0 Å². The van der Waals surface area contributed by atoms with Crippen LogP contribution in [0.15, 0.2) is 42.7 Å². The predicted octanol–water partition coefficient (Wildman–Crippen LogP) is 4.15. The van der Waals surface area contributed by atoms with Crippen LogP contribution in [0, 0.1) is 0 Å². The van der Waals surface area contributed by atoms with Crippen molar-refractivity contribution >= 4 is 39.9 Å². The van der Waals surface area contributed by atoms with Gasteiger partial charge in [0, 0.05) is 36.4 Å². The van der Waals surface area contributed by atoms with Crippen LogP contribution in [0.1, 0.15) is 31.9 Å². The minimum Gasteiger partial charge on any atom is -0.486 e. The van der Waals surface area contributed by atoms with E-state index in [9.17, 15) is 5.11 Å². The highest BCUT2D eigenvalue weighted by atomic mass is 35.5. The van der Waals surface area contributed by atoms with Gasteiger partial charge in [0.15, 0.2) is 5.82 Å². The molecule has 0 unspecified atom stereocenters. The van der Waals surface area contributed by atoms with Gasteiger partial charge in [-0.2, -0.15) is 5.10 Å². The number of benzene rings is 1.